The molecule has 1 aliphatic rings. The average molecular weight is 559 g/mol. The molecule has 0 saturated carbocycles. The number of aromatic nitrogens is 3. The molecule has 0 saturated heterocycles. The van der Waals surface area contributed by atoms with E-state index >= 15 is 0 Å². The Morgan fingerprint density at radius 3 is 2.65 bits per heavy atom. The third kappa shape index (κ3) is 4.21. The van der Waals surface area contributed by atoms with Gasteiger partial charge in [0.1, 0.15) is 17.3 Å². The molecule has 1 atom stereocenters. The standard InChI is InChI=1S/C29H21BrF2N4O/c1-17-22-8-3-2-5-18(22)11-12-35(17)29(37)26-15-24(19-6-4-7-21(31)13-19)28-33-27(16-36(28)34-26)23-10-9-20(30)14-25(23)32/h2-10,13-17H,11-12H2,1H3. The average Bonchev–Trinajstić information content (AvgIpc) is 3.32. The lowest BCUT2D eigenvalue weighted by Crippen LogP contribution is -2.39. The van der Waals surface area contributed by atoms with E-state index in [-0.39, 0.29) is 17.6 Å². The summed E-state index contributed by atoms with van der Waals surface area (Å²) in [6.45, 7) is 2.57. The molecule has 3 aromatic carbocycles. The van der Waals surface area contributed by atoms with Crippen LogP contribution in [0.25, 0.3) is 28.0 Å². The number of rotatable bonds is 3. The van der Waals surface area contributed by atoms with Crippen LogP contribution in [0.3, 0.4) is 0 Å². The molecule has 0 aliphatic carbocycles. The highest BCUT2D eigenvalue weighted by Gasteiger charge is 2.30. The summed E-state index contributed by atoms with van der Waals surface area (Å²) in [6, 6.07) is 20.5. The first-order valence-corrected chi connectivity index (χ1v) is 12.7. The Kier molecular flexibility index (Phi) is 5.83. The van der Waals surface area contributed by atoms with Crippen molar-refractivity contribution in [3.8, 4) is 22.4 Å². The highest BCUT2D eigenvalue weighted by atomic mass is 79.9. The summed E-state index contributed by atoms with van der Waals surface area (Å²) >= 11 is 3.28. The number of benzene rings is 3. The van der Waals surface area contributed by atoms with Crippen LogP contribution in [0, 0.1) is 11.6 Å². The fourth-order valence-electron chi connectivity index (χ4n) is 4.97. The zero-order valence-corrected chi connectivity index (χ0v) is 21.4. The second kappa shape index (κ2) is 9.19. The molecule has 1 amide bonds. The van der Waals surface area contributed by atoms with Gasteiger partial charge < -0.3 is 4.90 Å². The van der Waals surface area contributed by atoms with Gasteiger partial charge in [0, 0.05) is 22.1 Å². The van der Waals surface area contributed by atoms with Crippen molar-refractivity contribution >= 4 is 27.5 Å². The number of amides is 1. The van der Waals surface area contributed by atoms with E-state index in [9.17, 15) is 13.6 Å². The van der Waals surface area contributed by atoms with Crippen molar-refractivity contribution in [1.29, 1.82) is 0 Å². The smallest absolute Gasteiger partial charge is 0.274 e. The number of nitrogens with zero attached hydrogens (tertiary/aromatic N) is 4. The molecule has 184 valence electrons. The lowest BCUT2D eigenvalue weighted by atomic mass is 9.93. The van der Waals surface area contributed by atoms with Gasteiger partial charge in [0.15, 0.2) is 5.65 Å². The number of hydrogen-bond acceptors (Lipinski definition) is 3. The Labute approximate surface area is 220 Å². The number of fused-ring (bicyclic) bond motifs is 2. The Balaban J connectivity index is 1.49. The molecular formula is C29H21BrF2N4O. The molecular weight excluding hydrogens is 538 g/mol. The van der Waals surface area contributed by atoms with Crippen LogP contribution in [0.2, 0.25) is 0 Å². The van der Waals surface area contributed by atoms with Gasteiger partial charge in [0.25, 0.3) is 5.91 Å². The van der Waals surface area contributed by atoms with E-state index in [1.807, 2.05) is 25.1 Å². The third-order valence-corrected chi connectivity index (χ3v) is 7.34. The van der Waals surface area contributed by atoms with Crippen molar-refractivity contribution in [1.82, 2.24) is 19.5 Å². The van der Waals surface area contributed by atoms with Gasteiger partial charge in [0.05, 0.1) is 17.9 Å². The highest BCUT2D eigenvalue weighted by molar-refractivity contribution is 9.10. The summed E-state index contributed by atoms with van der Waals surface area (Å²) in [5.74, 6) is -1.08. The highest BCUT2D eigenvalue weighted by Crippen LogP contribution is 2.33. The molecule has 8 heteroatoms. The SMILES string of the molecule is CC1c2ccccc2CCN1C(=O)c1cc(-c2cccc(F)c2)c2nc(-c3ccc(Br)cc3F)cn2n1. The summed E-state index contributed by atoms with van der Waals surface area (Å²) in [5.41, 5.74) is 4.70. The van der Waals surface area contributed by atoms with Crippen LogP contribution >= 0.6 is 15.9 Å². The lowest BCUT2D eigenvalue weighted by molar-refractivity contribution is 0.0670. The second-order valence-electron chi connectivity index (χ2n) is 9.10. The van der Waals surface area contributed by atoms with E-state index in [4.69, 9.17) is 0 Å². The fourth-order valence-corrected chi connectivity index (χ4v) is 5.31. The second-order valence-corrected chi connectivity index (χ2v) is 10.0. The van der Waals surface area contributed by atoms with Crippen molar-refractivity contribution in [3.63, 3.8) is 0 Å². The molecule has 0 bridgehead atoms. The zero-order chi connectivity index (χ0) is 25.7. The first kappa shape index (κ1) is 23.5. The summed E-state index contributed by atoms with van der Waals surface area (Å²) < 4.78 is 31.0. The van der Waals surface area contributed by atoms with Gasteiger partial charge in [-0.3, -0.25) is 4.79 Å². The normalized spacial score (nSPS) is 15.1. The van der Waals surface area contributed by atoms with Gasteiger partial charge in [-0.1, -0.05) is 52.3 Å². The largest absolute Gasteiger partial charge is 0.330 e. The monoisotopic (exact) mass is 558 g/mol. The molecule has 6 rings (SSSR count). The minimum Gasteiger partial charge on any atom is -0.330 e. The van der Waals surface area contributed by atoms with Crippen LogP contribution in [-0.4, -0.2) is 31.9 Å². The van der Waals surface area contributed by atoms with Gasteiger partial charge in [-0.2, -0.15) is 5.10 Å². The Bertz CT molecular complexity index is 1680. The van der Waals surface area contributed by atoms with Gasteiger partial charge >= 0.3 is 0 Å². The van der Waals surface area contributed by atoms with Gasteiger partial charge in [-0.15, -0.1) is 0 Å². The van der Waals surface area contributed by atoms with Crippen LogP contribution < -0.4 is 0 Å². The molecule has 37 heavy (non-hydrogen) atoms. The number of imidazole rings is 1. The van der Waals surface area contributed by atoms with Crippen molar-refractivity contribution in [2.45, 2.75) is 19.4 Å². The number of carbonyl (C=O) groups excluding carboxylic acids is 1. The zero-order valence-electron chi connectivity index (χ0n) is 19.8. The Hall–Kier alpha value is -3.91. The first-order chi connectivity index (χ1) is 17.9. The maximum atomic E-state index is 14.7. The van der Waals surface area contributed by atoms with E-state index in [1.165, 1.54) is 28.3 Å². The lowest BCUT2D eigenvalue weighted by Gasteiger charge is -2.35. The predicted molar refractivity (Wildman–Crippen MR) is 141 cm³/mol. The van der Waals surface area contributed by atoms with E-state index in [0.29, 0.717) is 39.0 Å². The Morgan fingerprint density at radius 2 is 1.84 bits per heavy atom. The van der Waals surface area contributed by atoms with Crippen molar-refractivity contribution in [2.24, 2.45) is 0 Å². The van der Waals surface area contributed by atoms with Crippen LogP contribution in [0.1, 0.15) is 34.6 Å². The van der Waals surface area contributed by atoms with Crippen LogP contribution in [0.4, 0.5) is 8.78 Å². The first-order valence-electron chi connectivity index (χ1n) is 11.9. The fraction of sp³-hybridized carbons (Fsp3) is 0.138. The molecule has 1 unspecified atom stereocenters. The van der Waals surface area contributed by atoms with Crippen molar-refractivity contribution < 1.29 is 13.6 Å². The van der Waals surface area contributed by atoms with Crippen LogP contribution in [-0.2, 0) is 6.42 Å². The number of carbonyl (C=O) groups is 1. The molecule has 0 spiro atoms. The quantitative estimate of drug-likeness (QED) is 0.243. The van der Waals surface area contributed by atoms with E-state index in [1.54, 1.807) is 41.4 Å². The number of halogens is 3. The summed E-state index contributed by atoms with van der Waals surface area (Å²) in [7, 11) is 0. The summed E-state index contributed by atoms with van der Waals surface area (Å²) in [4.78, 5) is 20.2. The molecule has 0 N–H and O–H groups in total. The predicted octanol–water partition coefficient (Wildman–Crippen LogP) is 6.86. The van der Waals surface area contributed by atoms with Gasteiger partial charge in [-0.05, 0) is 66.4 Å². The number of hydrogen-bond donors (Lipinski definition) is 0. The summed E-state index contributed by atoms with van der Waals surface area (Å²) in [5, 5.41) is 4.58. The molecule has 5 aromatic rings. The molecule has 2 aromatic heterocycles. The topological polar surface area (TPSA) is 50.5 Å². The van der Waals surface area contributed by atoms with Crippen LogP contribution in [0.15, 0.2) is 83.5 Å². The van der Waals surface area contributed by atoms with Gasteiger partial charge in [-0.25, -0.2) is 18.3 Å². The maximum absolute atomic E-state index is 14.7. The van der Waals surface area contributed by atoms with E-state index in [0.717, 1.165) is 12.0 Å². The van der Waals surface area contributed by atoms with Gasteiger partial charge in [0.2, 0.25) is 0 Å². The van der Waals surface area contributed by atoms with E-state index < -0.39 is 11.6 Å². The molecule has 5 nitrogen and oxygen atoms in total. The van der Waals surface area contributed by atoms with E-state index in [2.05, 4.69) is 32.1 Å². The van der Waals surface area contributed by atoms with Crippen LogP contribution in [0.5, 0.6) is 0 Å². The summed E-state index contributed by atoms with van der Waals surface area (Å²) in [6.07, 6.45) is 2.35. The molecule has 3 heterocycles. The Morgan fingerprint density at radius 1 is 1.00 bits per heavy atom. The molecule has 1 aliphatic heterocycles. The maximum Gasteiger partial charge on any atom is 0.274 e. The third-order valence-electron chi connectivity index (χ3n) is 6.84. The minimum atomic E-state index is -0.442. The molecule has 0 radical (unpaired) electrons. The van der Waals surface area contributed by atoms with Crippen molar-refractivity contribution in [2.75, 3.05) is 6.54 Å². The van der Waals surface area contributed by atoms with Crippen molar-refractivity contribution in [3.05, 3.63) is 112 Å². The molecule has 0 fully saturated rings. The minimum absolute atomic E-state index is 0.122.